The average Bonchev–Trinajstić information content (AvgIpc) is 3.25. The van der Waals surface area contributed by atoms with Crippen LogP contribution in [0.15, 0.2) is 48.5 Å². The van der Waals surface area contributed by atoms with Crippen LogP contribution in [-0.2, 0) is 14.3 Å². The van der Waals surface area contributed by atoms with Crippen LogP contribution in [0.4, 0.5) is 4.79 Å². The van der Waals surface area contributed by atoms with Gasteiger partial charge in [-0.1, -0.05) is 48.5 Å². The smallest absolute Gasteiger partial charge is 0.407 e. The predicted octanol–water partition coefficient (Wildman–Crippen LogP) is 4.06. The van der Waals surface area contributed by atoms with Crippen LogP contribution in [0.1, 0.15) is 56.1 Å². The van der Waals surface area contributed by atoms with Gasteiger partial charge in [0.15, 0.2) is 0 Å². The van der Waals surface area contributed by atoms with Crippen molar-refractivity contribution in [3.05, 3.63) is 59.7 Å². The van der Waals surface area contributed by atoms with Crippen molar-refractivity contribution in [1.29, 1.82) is 0 Å². The van der Waals surface area contributed by atoms with Crippen LogP contribution in [0.25, 0.3) is 11.1 Å². The summed E-state index contributed by atoms with van der Waals surface area (Å²) in [5, 5.41) is 15.2. The van der Waals surface area contributed by atoms with E-state index in [4.69, 9.17) is 4.74 Å². The van der Waals surface area contributed by atoms with Gasteiger partial charge in [0, 0.05) is 24.4 Å². The number of hydrogen-bond donors (Lipinski definition) is 3. The second kappa shape index (κ2) is 8.78. The van der Waals surface area contributed by atoms with Crippen molar-refractivity contribution in [2.45, 2.75) is 57.0 Å². The molecule has 1 unspecified atom stereocenters. The largest absolute Gasteiger partial charge is 0.481 e. The van der Waals surface area contributed by atoms with Gasteiger partial charge < -0.3 is 20.5 Å². The lowest BCUT2D eigenvalue weighted by atomic mass is 9.98. The maximum absolute atomic E-state index is 12.4. The fraction of sp³-hybridized carbons (Fsp3) is 0.444. The van der Waals surface area contributed by atoms with E-state index in [1.165, 1.54) is 11.1 Å². The quantitative estimate of drug-likeness (QED) is 0.549. The van der Waals surface area contributed by atoms with Crippen molar-refractivity contribution in [1.82, 2.24) is 10.6 Å². The Kier molecular flexibility index (Phi) is 5.80. The Hall–Kier alpha value is -3.35. The van der Waals surface area contributed by atoms with E-state index in [-0.39, 0.29) is 42.9 Å². The number of aliphatic carboxylic acids is 1. The van der Waals surface area contributed by atoms with Crippen LogP contribution >= 0.6 is 0 Å². The van der Waals surface area contributed by atoms with Crippen molar-refractivity contribution in [2.75, 3.05) is 6.61 Å². The Bertz CT molecular complexity index is 1090. The molecule has 3 aliphatic rings. The van der Waals surface area contributed by atoms with E-state index < -0.39 is 17.5 Å². The van der Waals surface area contributed by atoms with Crippen molar-refractivity contribution >= 4 is 18.0 Å². The third kappa shape index (κ3) is 4.15. The molecule has 4 atom stereocenters. The summed E-state index contributed by atoms with van der Waals surface area (Å²) in [6, 6.07) is 16.1. The molecule has 0 aromatic heterocycles. The number of nitrogens with one attached hydrogen (secondary N) is 2. The highest BCUT2D eigenvalue weighted by molar-refractivity contribution is 5.81. The van der Waals surface area contributed by atoms with E-state index in [0.717, 1.165) is 24.0 Å². The number of amides is 2. The van der Waals surface area contributed by atoms with Crippen LogP contribution in [0.2, 0.25) is 0 Å². The zero-order chi connectivity index (χ0) is 23.9. The summed E-state index contributed by atoms with van der Waals surface area (Å²) < 4.78 is 5.57. The summed E-state index contributed by atoms with van der Waals surface area (Å²) >= 11 is 0. The molecule has 3 aliphatic carbocycles. The monoisotopic (exact) mass is 462 g/mol. The van der Waals surface area contributed by atoms with Crippen molar-refractivity contribution in [2.24, 2.45) is 11.3 Å². The first kappa shape index (κ1) is 22.4. The molecule has 2 amide bonds. The van der Waals surface area contributed by atoms with Crippen molar-refractivity contribution in [3.63, 3.8) is 0 Å². The van der Waals surface area contributed by atoms with Gasteiger partial charge in [0.05, 0.1) is 5.41 Å². The highest BCUT2D eigenvalue weighted by Crippen LogP contribution is 2.63. The molecule has 34 heavy (non-hydrogen) atoms. The number of alkyl carbamates (subject to hydrolysis) is 1. The second-order valence-corrected chi connectivity index (χ2v) is 9.98. The van der Waals surface area contributed by atoms with Crippen molar-refractivity contribution in [3.8, 4) is 11.1 Å². The number of hydrogen-bond acceptors (Lipinski definition) is 4. The van der Waals surface area contributed by atoms with Gasteiger partial charge >= 0.3 is 12.1 Å². The Morgan fingerprint density at radius 1 is 1.06 bits per heavy atom. The van der Waals surface area contributed by atoms with Gasteiger partial charge in [0.2, 0.25) is 5.91 Å². The average molecular weight is 463 g/mol. The summed E-state index contributed by atoms with van der Waals surface area (Å²) in [4.78, 5) is 36.1. The zero-order valence-corrected chi connectivity index (χ0v) is 19.3. The molecule has 178 valence electrons. The maximum Gasteiger partial charge on any atom is 0.407 e. The van der Waals surface area contributed by atoms with E-state index in [0.29, 0.717) is 12.8 Å². The van der Waals surface area contributed by atoms with E-state index >= 15 is 0 Å². The number of carbonyl (C=O) groups is 3. The molecule has 0 bridgehead atoms. The van der Waals surface area contributed by atoms with Crippen LogP contribution in [0.3, 0.4) is 0 Å². The normalized spacial score (nSPS) is 25.0. The molecular weight excluding hydrogens is 432 g/mol. The molecule has 3 N–H and O–H groups in total. The number of fused-ring (bicyclic) bond motifs is 4. The molecule has 7 nitrogen and oxygen atoms in total. The van der Waals surface area contributed by atoms with Crippen LogP contribution in [0.5, 0.6) is 0 Å². The molecule has 2 aromatic carbocycles. The van der Waals surface area contributed by atoms with Crippen LogP contribution < -0.4 is 10.6 Å². The summed E-state index contributed by atoms with van der Waals surface area (Å²) in [7, 11) is 0. The molecular formula is C27H30N2O5. The number of rotatable bonds is 8. The maximum atomic E-state index is 12.4. The third-order valence-corrected chi connectivity index (χ3v) is 7.72. The van der Waals surface area contributed by atoms with Gasteiger partial charge in [-0.3, -0.25) is 9.59 Å². The van der Waals surface area contributed by atoms with Crippen LogP contribution in [0, 0.1) is 11.3 Å². The van der Waals surface area contributed by atoms with Gasteiger partial charge in [-0.25, -0.2) is 4.79 Å². The van der Waals surface area contributed by atoms with Crippen LogP contribution in [-0.4, -0.2) is 41.8 Å². The molecule has 0 spiro atoms. The topological polar surface area (TPSA) is 105 Å². The third-order valence-electron chi connectivity index (χ3n) is 7.72. The minimum absolute atomic E-state index is 0.00551. The lowest BCUT2D eigenvalue weighted by molar-refractivity contribution is -0.143. The minimum Gasteiger partial charge on any atom is -0.481 e. The predicted molar refractivity (Wildman–Crippen MR) is 126 cm³/mol. The molecule has 5 rings (SSSR count). The number of benzene rings is 2. The van der Waals surface area contributed by atoms with Gasteiger partial charge in [-0.05, 0) is 60.8 Å². The van der Waals surface area contributed by atoms with Gasteiger partial charge in [0.25, 0.3) is 0 Å². The number of carboxylic acid groups (broad SMARTS) is 1. The lowest BCUT2D eigenvalue weighted by Crippen LogP contribution is -2.37. The lowest BCUT2D eigenvalue weighted by Gasteiger charge is -2.18. The Balaban J connectivity index is 1.06. The molecule has 2 fully saturated rings. The SMILES string of the molecule is CC(CCC(=O)N[C@@H]1C[C@H]2C[C@@]2(C(=O)O)C1)NC(=O)OCC1c2ccccc2-c2ccccc21. The van der Waals surface area contributed by atoms with E-state index in [2.05, 4.69) is 34.9 Å². The summed E-state index contributed by atoms with van der Waals surface area (Å²) in [5.74, 6) is -0.640. The van der Waals surface area contributed by atoms with E-state index in [9.17, 15) is 19.5 Å². The molecule has 0 aliphatic heterocycles. The molecule has 7 heteroatoms. The fourth-order valence-electron chi connectivity index (χ4n) is 5.83. The van der Waals surface area contributed by atoms with E-state index in [1.54, 1.807) is 0 Å². The Morgan fingerprint density at radius 3 is 2.32 bits per heavy atom. The van der Waals surface area contributed by atoms with Crippen molar-refractivity contribution < 1.29 is 24.2 Å². The molecule has 0 saturated heterocycles. The standard InChI is InChI=1S/C27H30N2O5/c1-16(10-11-24(30)29-18-12-17-13-27(17,14-18)25(31)32)28-26(33)34-15-23-21-8-4-2-6-19(21)20-7-3-5-9-22(20)23/h2-9,16-18,23H,10-15H2,1H3,(H,28,33)(H,29,30)(H,31,32)/t16?,17-,18+,27+/m0/s1. The first-order valence-electron chi connectivity index (χ1n) is 12.0. The number of carbonyl (C=O) groups excluding carboxylic acids is 2. The molecule has 0 heterocycles. The second-order valence-electron chi connectivity index (χ2n) is 9.98. The van der Waals surface area contributed by atoms with Gasteiger partial charge in [0.1, 0.15) is 6.61 Å². The summed E-state index contributed by atoms with van der Waals surface area (Å²) in [6.45, 7) is 2.10. The zero-order valence-electron chi connectivity index (χ0n) is 19.3. The number of carboxylic acids is 1. The Morgan fingerprint density at radius 2 is 1.71 bits per heavy atom. The first-order chi connectivity index (χ1) is 16.4. The Labute approximate surface area is 198 Å². The minimum atomic E-state index is -0.741. The summed E-state index contributed by atoms with van der Waals surface area (Å²) in [5.41, 5.74) is 4.09. The molecule has 2 saturated carbocycles. The number of ether oxygens (including phenoxy) is 1. The first-order valence-corrected chi connectivity index (χ1v) is 12.0. The molecule has 0 radical (unpaired) electrons. The van der Waals surface area contributed by atoms with Gasteiger partial charge in [-0.2, -0.15) is 0 Å². The summed E-state index contributed by atoms with van der Waals surface area (Å²) in [6.07, 6.45) is 2.25. The molecule has 2 aromatic rings. The van der Waals surface area contributed by atoms with E-state index in [1.807, 2.05) is 31.2 Å². The van der Waals surface area contributed by atoms with Gasteiger partial charge in [-0.15, -0.1) is 0 Å². The highest BCUT2D eigenvalue weighted by atomic mass is 16.5. The highest BCUT2D eigenvalue weighted by Gasteiger charge is 2.65. The fourth-order valence-corrected chi connectivity index (χ4v) is 5.83.